The molecule has 0 heterocycles. The maximum absolute atomic E-state index is 13.1. The van der Waals surface area contributed by atoms with Gasteiger partial charge in [-0.05, 0) is 37.5 Å². The number of aliphatic hydroxyl groups excluding tert-OH is 1. The van der Waals surface area contributed by atoms with E-state index in [1.165, 1.54) is 37.8 Å². The van der Waals surface area contributed by atoms with Crippen LogP contribution in [0.5, 0.6) is 5.75 Å². The predicted octanol–water partition coefficient (Wildman–Crippen LogP) is 3.84. The molecule has 1 saturated carbocycles. The number of benzene rings is 1. The molecule has 0 amide bonds. The second-order valence-electron chi connectivity index (χ2n) is 5.15. The van der Waals surface area contributed by atoms with Crippen LogP contribution in [0.4, 0.5) is 4.39 Å². The molecule has 1 unspecified atom stereocenters. The third-order valence-corrected chi connectivity index (χ3v) is 3.68. The highest BCUT2D eigenvalue weighted by Crippen LogP contribution is 2.29. The van der Waals surface area contributed by atoms with Crippen molar-refractivity contribution in [3.8, 4) is 5.75 Å². The SMILES string of the molecule is CC(O)c1cc(F)ccc1OCCC1CCCC1. The van der Waals surface area contributed by atoms with E-state index in [4.69, 9.17) is 4.74 Å². The summed E-state index contributed by atoms with van der Waals surface area (Å²) < 4.78 is 18.8. The second kappa shape index (κ2) is 6.19. The van der Waals surface area contributed by atoms with E-state index < -0.39 is 6.10 Å². The molecule has 1 aromatic carbocycles. The molecule has 1 aliphatic carbocycles. The number of ether oxygens (including phenoxy) is 1. The first-order chi connectivity index (χ1) is 8.66. The van der Waals surface area contributed by atoms with E-state index in [9.17, 15) is 9.50 Å². The summed E-state index contributed by atoms with van der Waals surface area (Å²) in [6.45, 7) is 2.27. The molecule has 0 saturated heterocycles. The predicted molar refractivity (Wildman–Crippen MR) is 69.1 cm³/mol. The van der Waals surface area contributed by atoms with Gasteiger partial charge in [-0.1, -0.05) is 25.7 Å². The molecule has 1 N–H and O–H groups in total. The highest BCUT2D eigenvalue weighted by molar-refractivity contribution is 5.35. The Hall–Kier alpha value is -1.09. The van der Waals surface area contributed by atoms with Gasteiger partial charge in [-0.25, -0.2) is 4.39 Å². The average Bonchev–Trinajstić information content (AvgIpc) is 2.84. The summed E-state index contributed by atoms with van der Waals surface area (Å²) in [5.41, 5.74) is 0.529. The minimum atomic E-state index is -0.706. The smallest absolute Gasteiger partial charge is 0.125 e. The molecule has 2 nitrogen and oxygen atoms in total. The average molecular weight is 252 g/mol. The monoisotopic (exact) mass is 252 g/mol. The highest BCUT2D eigenvalue weighted by atomic mass is 19.1. The van der Waals surface area contributed by atoms with Gasteiger partial charge in [-0.3, -0.25) is 0 Å². The molecule has 0 bridgehead atoms. The molecule has 1 fully saturated rings. The van der Waals surface area contributed by atoms with Gasteiger partial charge < -0.3 is 9.84 Å². The largest absolute Gasteiger partial charge is 0.493 e. The maximum atomic E-state index is 13.1. The van der Waals surface area contributed by atoms with Gasteiger partial charge in [0.15, 0.2) is 0 Å². The zero-order valence-corrected chi connectivity index (χ0v) is 10.9. The van der Waals surface area contributed by atoms with Crippen LogP contribution in [0.15, 0.2) is 18.2 Å². The van der Waals surface area contributed by atoms with Gasteiger partial charge in [-0.2, -0.15) is 0 Å². The van der Waals surface area contributed by atoms with Crippen molar-refractivity contribution in [3.63, 3.8) is 0 Å². The van der Waals surface area contributed by atoms with Crippen LogP contribution in [0, 0.1) is 11.7 Å². The Morgan fingerprint density at radius 3 is 2.78 bits per heavy atom. The summed E-state index contributed by atoms with van der Waals surface area (Å²) in [5.74, 6) is 1.04. The first kappa shape index (κ1) is 13.3. The number of aliphatic hydroxyl groups is 1. The molecule has 0 aromatic heterocycles. The summed E-state index contributed by atoms with van der Waals surface area (Å²) >= 11 is 0. The highest BCUT2D eigenvalue weighted by Gasteiger charge is 2.15. The van der Waals surface area contributed by atoms with Crippen molar-refractivity contribution in [1.82, 2.24) is 0 Å². The van der Waals surface area contributed by atoms with Crippen LogP contribution in [0.2, 0.25) is 0 Å². The Bertz CT molecular complexity index is 384. The van der Waals surface area contributed by atoms with Gasteiger partial charge in [0.25, 0.3) is 0 Å². The third-order valence-electron chi connectivity index (χ3n) is 3.68. The van der Waals surface area contributed by atoms with Crippen molar-refractivity contribution >= 4 is 0 Å². The molecule has 100 valence electrons. The molecule has 0 aliphatic heterocycles. The van der Waals surface area contributed by atoms with E-state index in [1.807, 2.05) is 0 Å². The van der Waals surface area contributed by atoms with E-state index in [1.54, 1.807) is 13.0 Å². The Morgan fingerprint density at radius 1 is 1.39 bits per heavy atom. The lowest BCUT2D eigenvalue weighted by Crippen LogP contribution is -2.06. The first-order valence-electron chi connectivity index (χ1n) is 6.77. The summed E-state index contributed by atoms with van der Waals surface area (Å²) in [6, 6.07) is 4.32. The van der Waals surface area contributed by atoms with Crippen molar-refractivity contribution in [2.45, 2.75) is 45.1 Å². The fraction of sp³-hybridized carbons (Fsp3) is 0.600. The summed E-state index contributed by atoms with van der Waals surface area (Å²) in [7, 11) is 0. The molecule has 3 heteroatoms. The lowest BCUT2D eigenvalue weighted by Gasteiger charge is -2.15. The molecular weight excluding hydrogens is 231 g/mol. The lowest BCUT2D eigenvalue weighted by atomic mass is 10.1. The topological polar surface area (TPSA) is 29.5 Å². The minimum Gasteiger partial charge on any atom is -0.493 e. The molecule has 1 aromatic rings. The zero-order chi connectivity index (χ0) is 13.0. The fourth-order valence-electron chi connectivity index (χ4n) is 2.61. The Morgan fingerprint density at radius 2 is 2.11 bits per heavy atom. The number of rotatable bonds is 5. The van der Waals surface area contributed by atoms with Crippen LogP contribution < -0.4 is 4.74 Å². The van der Waals surface area contributed by atoms with Gasteiger partial charge in [0.2, 0.25) is 0 Å². The van der Waals surface area contributed by atoms with E-state index in [2.05, 4.69) is 0 Å². The summed E-state index contributed by atoms with van der Waals surface area (Å²) in [6.07, 6.45) is 5.62. The molecule has 0 radical (unpaired) electrons. The fourth-order valence-corrected chi connectivity index (χ4v) is 2.61. The number of halogens is 1. The van der Waals surface area contributed by atoms with Crippen molar-refractivity contribution in [2.75, 3.05) is 6.61 Å². The number of hydrogen-bond donors (Lipinski definition) is 1. The molecule has 0 spiro atoms. The van der Waals surface area contributed by atoms with E-state index in [0.717, 1.165) is 12.3 Å². The Kier molecular flexibility index (Phi) is 4.59. The summed E-state index contributed by atoms with van der Waals surface area (Å²) in [4.78, 5) is 0. The summed E-state index contributed by atoms with van der Waals surface area (Å²) in [5, 5.41) is 9.59. The molecule has 18 heavy (non-hydrogen) atoms. The quantitative estimate of drug-likeness (QED) is 0.862. The van der Waals surface area contributed by atoms with Gasteiger partial charge >= 0.3 is 0 Å². The van der Waals surface area contributed by atoms with E-state index in [0.29, 0.717) is 17.9 Å². The molecule has 1 aliphatic rings. The lowest BCUT2D eigenvalue weighted by molar-refractivity contribution is 0.189. The van der Waals surface area contributed by atoms with Crippen molar-refractivity contribution in [1.29, 1.82) is 0 Å². The zero-order valence-electron chi connectivity index (χ0n) is 10.9. The second-order valence-corrected chi connectivity index (χ2v) is 5.15. The van der Waals surface area contributed by atoms with Crippen LogP contribution >= 0.6 is 0 Å². The van der Waals surface area contributed by atoms with Crippen molar-refractivity contribution in [2.24, 2.45) is 5.92 Å². The van der Waals surface area contributed by atoms with E-state index >= 15 is 0 Å². The number of hydrogen-bond acceptors (Lipinski definition) is 2. The first-order valence-corrected chi connectivity index (χ1v) is 6.77. The van der Waals surface area contributed by atoms with Crippen molar-refractivity contribution in [3.05, 3.63) is 29.6 Å². The van der Waals surface area contributed by atoms with Crippen LogP contribution in [-0.2, 0) is 0 Å². The van der Waals surface area contributed by atoms with Gasteiger partial charge in [-0.15, -0.1) is 0 Å². The maximum Gasteiger partial charge on any atom is 0.125 e. The Balaban J connectivity index is 1.91. The normalized spacial score (nSPS) is 17.9. The van der Waals surface area contributed by atoms with Crippen LogP contribution in [0.1, 0.15) is 50.7 Å². The Labute approximate surface area is 108 Å². The van der Waals surface area contributed by atoms with Crippen molar-refractivity contribution < 1.29 is 14.2 Å². The van der Waals surface area contributed by atoms with Gasteiger partial charge in [0.05, 0.1) is 12.7 Å². The van der Waals surface area contributed by atoms with Crippen LogP contribution in [-0.4, -0.2) is 11.7 Å². The van der Waals surface area contributed by atoms with Gasteiger partial charge in [0.1, 0.15) is 11.6 Å². The molecular formula is C15H21FO2. The molecule has 2 rings (SSSR count). The molecule has 1 atom stereocenters. The van der Waals surface area contributed by atoms with Crippen LogP contribution in [0.25, 0.3) is 0 Å². The van der Waals surface area contributed by atoms with Gasteiger partial charge in [0, 0.05) is 5.56 Å². The van der Waals surface area contributed by atoms with Crippen LogP contribution in [0.3, 0.4) is 0 Å². The minimum absolute atomic E-state index is 0.339. The van der Waals surface area contributed by atoms with E-state index in [-0.39, 0.29) is 5.82 Å². The standard InChI is InChI=1S/C15H21FO2/c1-11(17)14-10-13(16)6-7-15(14)18-9-8-12-4-2-3-5-12/h6-7,10-12,17H,2-5,8-9H2,1H3. The third kappa shape index (κ3) is 3.45.